The highest BCUT2D eigenvalue weighted by Crippen LogP contribution is 2.34. The Balaban J connectivity index is 1.83. The highest BCUT2D eigenvalue weighted by molar-refractivity contribution is 5.98. The van der Waals surface area contributed by atoms with Crippen molar-refractivity contribution in [3.63, 3.8) is 0 Å². The minimum Gasteiger partial charge on any atom is -0.384 e. The number of nitrogens with zero attached hydrogens (tertiary/aromatic N) is 3. The number of amides is 1. The lowest BCUT2D eigenvalue weighted by molar-refractivity contribution is -0.120. The Bertz CT molecular complexity index is 444. The summed E-state index contributed by atoms with van der Waals surface area (Å²) in [5.74, 6) is 1.34. The monoisotopic (exact) mass is 232 g/mol. The number of hydrogen-bond donors (Lipinski definition) is 1. The molecular formula is C12H16N4O. The van der Waals surface area contributed by atoms with Gasteiger partial charge in [0.25, 0.3) is 0 Å². The van der Waals surface area contributed by atoms with Crippen LogP contribution < -0.4 is 10.6 Å². The predicted octanol–water partition coefficient (Wildman–Crippen LogP) is 0.188. The third-order valence-corrected chi connectivity index (χ3v) is 3.71. The molecule has 0 unspecified atom stereocenters. The molecular weight excluding hydrogens is 216 g/mol. The predicted molar refractivity (Wildman–Crippen MR) is 65.5 cm³/mol. The van der Waals surface area contributed by atoms with E-state index in [0.29, 0.717) is 11.7 Å². The number of rotatable bonds is 1. The summed E-state index contributed by atoms with van der Waals surface area (Å²) in [6.45, 7) is 2.69. The van der Waals surface area contributed by atoms with Gasteiger partial charge in [-0.15, -0.1) is 0 Å². The second kappa shape index (κ2) is 3.70. The molecule has 2 fully saturated rings. The number of fused-ring (bicyclic) bond motifs is 1. The van der Waals surface area contributed by atoms with E-state index in [-0.39, 0.29) is 11.8 Å². The van der Waals surface area contributed by atoms with Crippen molar-refractivity contribution in [2.75, 3.05) is 37.3 Å². The molecule has 1 amide bonds. The molecule has 1 aromatic rings. The summed E-state index contributed by atoms with van der Waals surface area (Å²) < 4.78 is 0. The molecule has 90 valence electrons. The first-order valence-corrected chi connectivity index (χ1v) is 5.86. The van der Waals surface area contributed by atoms with Crippen LogP contribution in [-0.2, 0) is 4.79 Å². The van der Waals surface area contributed by atoms with Crippen molar-refractivity contribution in [1.29, 1.82) is 0 Å². The fourth-order valence-corrected chi connectivity index (χ4v) is 2.87. The van der Waals surface area contributed by atoms with Crippen LogP contribution in [0.15, 0.2) is 18.3 Å². The number of nitrogen functional groups attached to an aromatic ring is 1. The van der Waals surface area contributed by atoms with Gasteiger partial charge in [-0.25, -0.2) is 4.98 Å². The Morgan fingerprint density at radius 3 is 2.82 bits per heavy atom. The number of anilines is 2. The Hall–Kier alpha value is -1.62. The van der Waals surface area contributed by atoms with E-state index < -0.39 is 0 Å². The molecule has 2 N–H and O–H groups in total. The van der Waals surface area contributed by atoms with Crippen LogP contribution in [0.25, 0.3) is 0 Å². The van der Waals surface area contributed by atoms with Crippen LogP contribution in [0.5, 0.6) is 0 Å². The lowest BCUT2D eigenvalue weighted by Gasteiger charge is -2.19. The highest BCUT2D eigenvalue weighted by Gasteiger charge is 2.45. The Morgan fingerprint density at radius 1 is 1.35 bits per heavy atom. The molecule has 0 aliphatic carbocycles. The maximum atomic E-state index is 12.3. The third kappa shape index (κ3) is 1.67. The summed E-state index contributed by atoms with van der Waals surface area (Å²) in [7, 11) is 2.07. The second-order valence-electron chi connectivity index (χ2n) is 4.98. The summed E-state index contributed by atoms with van der Waals surface area (Å²) in [5.41, 5.74) is 6.41. The molecule has 2 saturated heterocycles. The standard InChI is InChI=1S/C12H16N4O/c1-15-5-8-6-16(12(17)10(8)7-15)9-2-3-11(13)14-4-9/h2-4,8,10H,5-7H2,1H3,(H2,13,14)/t8-,10-/m0/s1. The topological polar surface area (TPSA) is 62.5 Å². The number of hydrogen-bond acceptors (Lipinski definition) is 4. The van der Waals surface area contributed by atoms with Gasteiger partial charge in [0.15, 0.2) is 0 Å². The summed E-state index contributed by atoms with van der Waals surface area (Å²) in [6, 6.07) is 3.60. The summed E-state index contributed by atoms with van der Waals surface area (Å²) in [6.07, 6.45) is 1.68. The zero-order valence-electron chi connectivity index (χ0n) is 9.84. The molecule has 0 spiro atoms. The van der Waals surface area contributed by atoms with Crippen LogP contribution in [0.2, 0.25) is 0 Å². The molecule has 0 aromatic carbocycles. The van der Waals surface area contributed by atoms with Crippen LogP contribution in [0, 0.1) is 11.8 Å². The van der Waals surface area contributed by atoms with E-state index in [1.54, 1.807) is 12.3 Å². The van der Waals surface area contributed by atoms with E-state index >= 15 is 0 Å². The van der Waals surface area contributed by atoms with E-state index in [0.717, 1.165) is 25.3 Å². The Kier molecular flexibility index (Phi) is 2.29. The minimum absolute atomic E-state index is 0.164. The van der Waals surface area contributed by atoms with E-state index in [1.807, 2.05) is 11.0 Å². The van der Waals surface area contributed by atoms with Crippen LogP contribution in [-0.4, -0.2) is 42.5 Å². The average molecular weight is 232 g/mol. The second-order valence-corrected chi connectivity index (χ2v) is 4.98. The zero-order chi connectivity index (χ0) is 12.0. The van der Waals surface area contributed by atoms with E-state index in [1.165, 1.54) is 0 Å². The highest BCUT2D eigenvalue weighted by atomic mass is 16.2. The third-order valence-electron chi connectivity index (χ3n) is 3.71. The van der Waals surface area contributed by atoms with Crippen LogP contribution in [0.3, 0.4) is 0 Å². The van der Waals surface area contributed by atoms with Crippen molar-refractivity contribution in [2.24, 2.45) is 11.8 Å². The molecule has 17 heavy (non-hydrogen) atoms. The number of pyridine rings is 1. The van der Waals surface area contributed by atoms with Gasteiger partial charge in [-0.2, -0.15) is 0 Å². The number of carbonyl (C=O) groups is 1. The van der Waals surface area contributed by atoms with Gasteiger partial charge in [0.1, 0.15) is 5.82 Å². The van der Waals surface area contributed by atoms with E-state index in [2.05, 4.69) is 16.9 Å². The maximum Gasteiger partial charge on any atom is 0.231 e. The molecule has 5 nitrogen and oxygen atoms in total. The van der Waals surface area contributed by atoms with E-state index in [4.69, 9.17) is 5.73 Å². The fraction of sp³-hybridized carbons (Fsp3) is 0.500. The lowest BCUT2D eigenvalue weighted by Crippen LogP contribution is -2.31. The van der Waals surface area contributed by atoms with Gasteiger partial charge in [0.05, 0.1) is 17.8 Å². The summed E-state index contributed by atoms with van der Waals surface area (Å²) in [5, 5.41) is 0. The van der Waals surface area contributed by atoms with E-state index in [9.17, 15) is 4.79 Å². The van der Waals surface area contributed by atoms with Crippen LogP contribution in [0.1, 0.15) is 0 Å². The number of likely N-dealkylation sites (tertiary alicyclic amines) is 1. The molecule has 0 saturated carbocycles. The van der Waals surface area contributed by atoms with Gasteiger partial charge in [-0.3, -0.25) is 4.79 Å². The first-order chi connectivity index (χ1) is 8.15. The fourth-order valence-electron chi connectivity index (χ4n) is 2.87. The quantitative estimate of drug-likeness (QED) is 0.750. The van der Waals surface area contributed by atoms with Gasteiger partial charge in [0.2, 0.25) is 5.91 Å². The molecule has 0 radical (unpaired) electrons. The molecule has 2 aliphatic heterocycles. The molecule has 1 aromatic heterocycles. The summed E-state index contributed by atoms with van der Waals surface area (Å²) >= 11 is 0. The van der Waals surface area contributed by atoms with Gasteiger partial charge < -0.3 is 15.5 Å². The molecule has 3 rings (SSSR count). The Morgan fingerprint density at radius 2 is 2.18 bits per heavy atom. The summed E-state index contributed by atoms with van der Waals surface area (Å²) in [4.78, 5) is 20.4. The molecule has 2 aliphatic rings. The van der Waals surface area contributed by atoms with Crippen molar-refractivity contribution in [3.8, 4) is 0 Å². The van der Waals surface area contributed by atoms with Crippen LogP contribution in [0.4, 0.5) is 11.5 Å². The number of carbonyl (C=O) groups excluding carboxylic acids is 1. The van der Waals surface area contributed by atoms with Gasteiger partial charge in [-0.05, 0) is 19.2 Å². The van der Waals surface area contributed by atoms with Gasteiger partial charge in [0, 0.05) is 25.6 Å². The molecule has 2 atom stereocenters. The maximum absolute atomic E-state index is 12.3. The smallest absolute Gasteiger partial charge is 0.231 e. The van der Waals surface area contributed by atoms with Crippen molar-refractivity contribution in [1.82, 2.24) is 9.88 Å². The zero-order valence-corrected chi connectivity index (χ0v) is 9.84. The molecule has 3 heterocycles. The first kappa shape index (κ1) is 10.5. The Labute approximate surface area is 100 Å². The number of aromatic nitrogens is 1. The van der Waals surface area contributed by atoms with Gasteiger partial charge in [-0.1, -0.05) is 0 Å². The van der Waals surface area contributed by atoms with Crippen LogP contribution >= 0.6 is 0 Å². The normalized spacial score (nSPS) is 28.8. The van der Waals surface area contributed by atoms with Crippen molar-refractivity contribution in [2.45, 2.75) is 0 Å². The largest absolute Gasteiger partial charge is 0.384 e. The average Bonchev–Trinajstić information content (AvgIpc) is 2.79. The van der Waals surface area contributed by atoms with Crippen molar-refractivity contribution >= 4 is 17.4 Å². The SMILES string of the molecule is CN1C[C@H]2CN(c3ccc(N)nc3)C(=O)[C@H]2C1. The minimum atomic E-state index is 0.164. The number of nitrogens with two attached hydrogens (primary N) is 1. The molecule has 0 bridgehead atoms. The lowest BCUT2D eigenvalue weighted by atomic mass is 10.0. The van der Waals surface area contributed by atoms with Crippen molar-refractivity contribution in [3.05, 3.63) is 18.3 Å². The first-order valence-electron chi connectivity index (χ1n) is 5.86. The van der Waals surface area contributed by atoms with Gasteiger partial charge >= 0.3 is 0 Å². The molecule has 5 heteroatoms. The van der Waals surface area contributed by atoms with Crippen molar-refractivity contribution < 1.29 is 4.79 Å².